The molecule has 0 radical (unpaired) electrons. The van der Waals surface area contributed by atoms with Gasteiger partial charge in [-0.3, -0.25) is 14.3 Å². The van der Waals surface area contributed by atoms with Crippen LogP contribution in [0.4, 0.5) is 5.69 Å². The minimum absolute atomic E-state index is 0.0270. The van der Waals surface area contributed by atoms with Crippen LogP contribution in [0, 0.1) is 0 Å². The van der Waals surface area contributed by atoms with Crippen LogP contribution < -0.4 is 5.32 Å². The van der Waals surface area contributed by atoms with Crippen LogP contribution in [0.1, 0.15) is 42.5 Å². The molecule has 2 aromatic rings. The Labute approximate surface area is 147 Å². The molecule has 1 aromatic heterocycles. The topological polar surface area (TPSA) is 73.2 Å². The molecule has 1 unspecified atom stereocenters. The summed E-state index contributed by atoms with van der Waals surface area (Å²) in [7, 11) is 0. The summed E-state index contributed by atoms with van der Waals surface area (Å²) in [5, 5.41) is 7.05. The highest BCUT2D eigenvalue weighted by Gasteiger charge is 2.15. The highest BCUT2D eigenvalue weighted by atomic mass is 16.5. The summed E-state index contributed by atoms with van der Waals surface area (Å²) in [4.78, 5) is 24.0. The van der Waals surface area contributed by atoms with Crippen molar-refractivity contribution in [3.8, 4) is 0 Å². The van der Waals surface area contributed by atoms with E-state index < -0.39 is 0 Å². The summed E-state index contributed by atoms with van der Waals surface area (Å²) in [5.74, 6) is -0.210. The molecule has 3 rings (SSSR count). The number of hydrogen-bond donors (Lipinski definition) is 1. The number of ketones is 1. The molecule has 2 heterocycles. The van der Waals surface area contributed by atoms with Crippen molar-refractivity contribution in [1.29, 1.82) is 0 Å². The van der Waals surface area contributed by atoms with Crippen LogP contribution >= 0.6 is 0 Å². The van der Waals surface area contributed by atoms with Crippen molar-refractivity contribution in [3.05, 3.63) is 48.3 Å². The molecule has 0 aliphatic carbocycles. The van der Waals surface area contributed by atoms with E-state index in [2.05, 4.69) is 10.4 Å². The number of benzene rings is 1. The SMILES string of the molecule is O=C(CCC(=O)c1ccccc1)Nc1cnn(CC2CCCCO2)c1. The molecular weight excluding hydrogens is 318 g/mol. The zero-order valence-corrected chi connectivity index (χ0v) is 14.2. The molecule has 0 bridgehead atoms. The fraction of sp³-hybridized carbons (Fsp3) is 0.421. The molecule has 1 aliphatic heterocycles. The van der Waals surface area contributed by atoms with Gasteiger partial charge in [0, 0.05) is 31.2 Å². The Balaban J connectivity index is 1.44. The first kappa shape index (κ1) is 17.4. The Kier molecular flexibility index (Phi) is 5.95. The van der Waals surface area contributed by atoms with Crippen molar-refractivity contribution < 1.29 is 14.3 Å². The third-order valence-electron chi connectivity index (χ3n) is 4.26. The van der Waals surface area contributed by atoms with Gasteiger partial charge in [0.25, 0.3) is 0 Å². The second-order valence-corrected chi connectivity index (χ2v) is 6.28. The summed E-state index contributed by atoms with van der Waals surface area (Å²) in [6.45, 7) is 1.51. The lowest BCUT2D eigenvalue weighted by atomic mass is 10.1. The number of aromatic nitrogens is 2. The molecule has 6 heteroatoms. The Morgan fingerprint density at radius 3 is 2.80 bits per heavy atom. The fourth-order valence-corrected chi connectivity index (χ4v) is 2.91. The van der Waals surface area contributed by atoms with Gasteiger partial charge in [0.15, 0.2) is 5.78 Å². The summed E-state index contributed by atoms with van der Waals surface area (Å²) in [6, 6.07) is 9.02. The Hall–Kier alpha value is -2.47. The van der Waals surface area contributed by atoms with Crippen molar-refractivity contribution in [2.24, 2.45) is 0 Å². The molecule has 0 saturated carbocycles. The van der Waals surface area contributed by atoms with Crippen molar-refractivity contribution >= 4 is 17.4 Å². The monoisotopic (exact) mass is 341 g/mol. The van der Waals surface area contributed by atoms with E-state index in [-0.39, 0.29) is 30.6 Å². The quantitative estimate of drug-likeness (QED) is 0.786. The second kappa shape index (κ2) is 8.58. The summed E-state index contributed by atoms with van der Waals surface area (Å²) >= 11 is 0. The van der Waals surface area contributed by atoms with E-state index in [1.165, 1.54) is 6.42 Å². The number of nitrogens with zero attached hydrogens (tertiary/aromatic N) is 2. The molecule has 6 nitrogen and oxygen atoms in total. The zero-order chi connectivity index (χ0) is 17.5. The third kappa shape index (κ3) is 5.26. The number of carbonyl (C=O) groups is 2. The van der Waals surface area contributed by atoms with Crippen molar-refractivity contribution in [3.63, 3.8) is 0 Å². The van der Waals surface area contributed by atoms with Gasteiger partial charge in [-0.15, -0.1) is 0 Å². The zero-order valence-electron chi connectivity index (χ0n) is 14.2. The Morgan fingerprint density at radius 1 is 1.20 bits per heavy atom. The molecule has 1 fully saturated rings. The minimum Gasteiger partial charge on any atom is -0.376 e. The van der Waals surface area contributed by atoms with Crippen molar-refractivity contribution in [2.45, 2.75) is 44.8 Å². The normalized spacial score (nSPS) is 17.2. The molecule has 0 spiro atoms. The van der Waals surface area contributed by atoms with E-state index in [9.17, 15) is 9.59 Å². The Bertz CT molecular complexity index is 706. The number of hydrogen-bond acceptors (Lipinski definition) is 4. The molecule has 1 aromatic carbocycles. The maximum Gasteiger partial charge on any atom is 0.224 e. The van der Waals surface area contributed by atoms with Crippen molar-refractivity contribution in [2.75, 3.05) is 11.9 Å². The number of amides is 1. The highest BCUT2D eigenvalue weighted by Crippen LogP contribution is 2.15. The van der Waals surface area contributed by atoms with Crippen LogP contribution in [-0.2, 0) is 16.1 Å². The van der Waals surface area contributed by atoms with Crippen LogP contribution in [0.25, 0.3) is 0 Å². The van der Waals surface area contributed by atoms with Gasteiger partial charge in [-0.05, 0) is 19.3 Å². The predicted octanol–water partition coefficient (Wildman–Crippen LogP) is 3.05. The van der Waals surface area contributed by atoms with Crippen LogP contribution in [0.2, 0.25) is 0 Å². The third-order valence-corrected chi connectivity index (χ3v) is 4.26. The van der Waals surface area contributed by atoms with E-state index in [4.69, 9.17) is 4.74 Å². The minimum atomic E-state index is -0.183. The van der Waals surface area contributed by atoms with Crippen LogP contribution in [0.3, 0.4) is 0 Å². The van der Waals surface area contributed by atoms with Gasteiger partial charge in [-0.1, -0.05) is 30.3 Å². The van der Waals surface area contributed by atoms with E-state index in [0.717, 1.165) is 19.4 Å². The second-order valence-electron chi connectivity index (χ2n) is 6.28. The first-order valence-electron chi connectivity index (χ1n) is 8.73. The van der Waals surface area contributed by atoms with Gasteiger partial charge >= 0.3 is 0 Å². The highest BCUT2D eigenvalue weighted by molar-refractivity contribution is 5.99. The van der Waals surface area contributed by atoms with Crippen molar-refractivity contribution in [1.82, 2.24) is 9.78 Å². The average molecular weight is 341 g/mol. The predicted molar refractivity (Wildman–Crippen MR) is 94.5 cm³/mol. The molecule has 1 N–H and O–H groups in total. The summed E-state index contributed by atoms with van der Waals surface area (Å²) < 4.78 is 7.49. The average Bonchev–Trinajstić information content (AvgIpc) is 3.08. The molecule has 1 aliphatic rings. The van der Waals surface area contributed by atoms with Crippen LogP contribution in [-0.4, -0.2) is 34.2 Å². The summed E-state index contributed by atoms with van der Waals surface area (Å²) in [6.07, 6.45) is 7.33. The molecule has 25 heavy (non-hydrogen) atoms. The molecular formula is C19H23N3O3. The fourth-order valence-electron chi connectivity index (χ4n) is 2.91. The van der Waals surface area contributed by atoms with Gasteiger partial charge in [-0.2, -0.15) is 5.10 Å². The van der Waals surface area contributed by atoms with Crippen LogP contribution in [0.15, 0.2) is 42.7 Å². The first-order valence-corrected chi connectivity index (χ1v) is 8.73. The summed E-state index contributed by atoms with van der Waals surface area (Å²) in [5.41, 5.74) is 1.28. The smallest absolute Gasteiger partial charge is 0.224 e. The number of ether oxygens (including phenoxy) is 1. The molecule has 1 saturated heterocycles. The number of rotatable bonds is 7. The Morgan fingerprint density at radius 2 is 2.04 bits per heavy atom. The van der Waals surface area contributed by atoms with Gasteiger partial charge in [0.2, 0.25) is 5.91 Å². The molecule has 132 valence electrons. The number of anilines is 1. The van der Waals surface area contributed by atoms with E-state index in [0.29, 0.717) is 17.8 Å². The number of carbonyl (C=O) groups excluding carboxylic acids is 2. The number of nitrogens with one attached hydrogen (secondary N) is 1. The van der Waals surface area contributed by atoms with Gasteiger partial charge in [-0.25, -0.2) is 0 Å². The first-order chi connectivity index (χ1) is 12.2. The van der Waals surface area contributed by atoms with E-state index >= 15 is 0 Å². The van der Waals surface area contributed by atoms with Gasteiger partial charge in [0.1, 0.15) is 0 Å². The van der Waals surface area contributed by atoms with Crippen LogP contribution in [0.5, 0.6) is 0 Å². The lowest BCUT2D eigenvalue weighted by Gasteiger charge is -2.22. The standard InChI is InChI=1S/C19H23N3O3/c23-18(15-6-2-1-3-7-15)9-10-19(24)21-16-12-20-22(13-16)14-17-8-4-5-11-25-17/h1-3,6-7,12-13,17H,4-5,8-11,14H2,(H,21,24). The number of Topliss-reactive ketones (excluding diaryl/α,β-unsaturated/α-hetero) is 1. The maximum atomic E-state index is 12.0. The van der Waals surface area contributed by atoms with Gasteiger partial charge < -0.3 is 10.1 Å². The lowest BCUT2D eigenvalue weighted by molar-refractivity contribution is -0.116. The van der Waals surface area contributed by atoms with E-state index in [1.54, 1.807) is 29.2 Å². The van der Waals surface area contributed by atoms with Gasteiger partial charge in [0.05, 0.1) is 24.5 Å². The molecule has 1 amide bonds. The van der Waals surface area contributed by atoms with E-state index in [1.807, 2.05) is 18.2 Å². The molecule has 1 atom stereocenters. The largest absolute Gasteiger partial charge is 0.376 e. The maximum absolute atomic E-state index is 12.0. The lowest BCUT2D eigenvalue weighted by Crippen LogP contribution is -2.24.